The Hall–Kier alpha value is -1.10. The summed E-state index contributed by atoms with van der Waals surface area (Å²) in [5, 5.41) is 0. The lowest BCUT2D eigenvalue weighted by Gasteiger charge is -2.32. The topological polar surface area (TPSA) is 19.0 Å². The van der Waals surface area contributed by atoms with Gasteiger partial charge < -0.3 is 14.5 Å². The van der Waals surface area contributed by atoms with Crippen molar-refractivity contribution in [3.63, 3.8) is 0 Å². The van der Waals surface area contributed by atoms with Crippen LogP contribution in [0.25, 0.3) is 0 Å². The molecule has 0 aromatic heterocycles. The van der Waals surface area contributed by atoms with Crippen molar-refractivity contribution in [3.8, 4) is 5.75 Å². The molecule has 3 rings (SSSR count). The zero-order valence-electron chi connectivity index (χ0n) is 15.3. The highest BCUT2D eigenvalue weighted by Gasteiger charge is 2.13. The van der Waals surface area contributed by atoms with Crippen LogP contribution < -0.4 is 4.74 Å². The van der Waals surface area contributed by atoms with E-state index >= 15 is 0 Å². The van der Waals surface area contributed by atoms with Crippen LogP contribution in [0.3, 0.4) is 0 Å². The minimum atomic E-state index is 0.828. The third kappa shape index (κ3) is 5.76. The first-order valence-electron chi connectivity index (χ1n) is 9.64. The molecule has 4 heteroatoms. The molecule has 2 aliphatic rings. The van der Waals surface area contributed by atoms with Crippen molar-refractivity contribution in [3.05, 3.63) is 29.8 Å². The molecule has 2 heterocycles. The molecule has 0 amide bonds. The Morgan fingerprint density at radius 1 is 0.833 bits per heavy atom. The minimum absolute atomic E-state index is 0.828. The van der Waals surface area contributed by atoms with Crippen molar-refractivity contribution in [1.29, 1.82) is 0 Å². The fourth-order valence-electron chi connectivity index (χ4n) is 3.62. The maximum atomic E-state index is 5.91. The molecular weight excluding hydrogens is 298 g/mol. The number of ether oxygens (including phenoxy) is 1. The molecular formula is C20H33N3O. The summed E-state index contributed by atoms with van der Waals surface area (Å²) in [6.07, 6.45) is 5.28. The molecule has 0 aliphatic carbocycles. The zero-order chi connectivity index (χ0) is 16.6. The van der Waals surface area contributed by atoms with Gasteiger partial charge in [-0.05, 0) is 57.1 Å². The fraction of sp³-hybridized carbons (Fsp3) is 0.700. The molecule has 0 atom stereocenters. The Kier molecular flexibility index (Phi) is 6.94. The standard InChI is InChI=1S/C20H33N3O/c1-21-13-15-23(16-14-21)18-19-6-8-20(9-7-19)24-17-5-12-22-10-3-2-4-11-22/h6-9H,2-5,10-18H2,1H3. The van der Waals surface area contributed by atoms with E-state index < -0.39 is 0 Å². The van der Waals surface area contributed by atoms with Gasteiger partial charge in [0.05, 0.1) is 6.61 Å². The highest BCUT2D eigenvalue weighted by atomic mass is 16.5. The monoisotopic (exact) mass is 331 g/mol. The summed E-state index contributed by atoms with van der Waals surface area (Å²) in [6, 6.07) is 8.70. The van der Waals surface area contributed by atoms with Gasteiger partial charge in [0, 0.05) is 39.3 Å². The van der Waals surface area contributed by atoms with E-state index in [0.29, 0.717) is 0 Å². The Morgan fingerprint density at radius 2 is 1.54 bits per heavy atom. The summed E-state index contributed by atoms with van der Waals surface area (Å²) in [7, 11) is 2.20. The molecule has 2 fully saturated rings. The van der Waals surface area contributed by atoms with Crippen molar-refractivity contribution in [2.24, 2.45) is 0 Å². The summed E-state index contributed by atoms with van der Waals surface area (Å²) >= 11 is 0. The highest BCUT2D eigenvalue weighted by Crippen LogP contribution is 2.15. The van der Waals surface area contributed by atoms with Gasteiger partial charge >= 0.3 is 0 Å². The molecule has 0 bridgehead atoms. The first-order chi connectivity index (χ1) is 11.8. The highest BCUT2D eigenvalue weighted by molar-refractivity contribution is 5.27. The van der Waals surface area contributed by atoms with Crippen molar-refractivity contribution < 1.29 is 4.74 Å². The van der Waals surface area contributed by atoms with Crippen LogP contribution in [0.4, 0.5) is 0 Å². The van der Waals surface area contributed by atoms with Crippen LogP contribution in [0.5, 0.6) is 5.75 Å². The lowest BCUT2D eigenvalue weighted by Crippen LogP contribution is -2.43. The van der Waals surface area contributed by atoms with E-state index in [1.807, 2.05) is 0 Å². The summed E-state index contributed by atoms with van der Waals surface area (Å²) in [4.78, 5) is 7.51. The van der Waals surface area contributed by atoms with E-state index in [2.05, 4.69) is 46.0 Å². The SMILES string of the molecule is CN1CCN(Cc2ccc(OCCCN3CCCCC3)cc2)CC1. The molecule has 24 heavy (non-hydrogen) atoms. The second kappa shape index (κ2) is 9.40. The van der Waals surface area contributed by atoms with Gasteiger partial charge in [-0.15, -0.1) is 0 Å². The number of hydrogen-bond donors (Lipinski definition) is 0. The molecule has 1 aromatic carbocycles. The van der Waals surface area contributed by atoms with Gasteiger partial charge in [-0.2, -0.15) is 0 Å². The molecule has 0 spiro atoms. The summed E-state index contributed by atoms with van der Waals surface area (Å²) < 4.78 is 5.91. The second-order valence-electron chi connectivity index (χ2n) is 7.33. The van der Waals surface area contributed by atoms with Gasteiger partial charge in [-0.25, -0.2) is 0 Å². The van der Waals surface area contributed by atoms with E-state index in [1.54, 1.807) is 0 Å². The van der Waals surface area contributed by atoms with Crippen LogP contribution in [-0.2, 0) is 6.54 Å². The normalized spacial score (nSPS) is 21.0. The van der Waals surface area contributed by atoms with E-state index in [4.69, 9.17) is 4.74 Å². The average molecular weight is 332 g/mol. The summed E-state index contributed by atoms with van der Waals surface area (Å²) in [5.41, 5.74) is 1.39. The lowest BCUT2D eigenvalue weighted by molar-refractivity contribution is 0.148. The molecule has 0 radical (unpaired) electrons. The van der Waals surface area contributed by atoms with Crippen LogP contribution in [0.15, 0.2) is 24.3 Å². The van der Waals surface area contributed by atoms with Gasteiger partial charge in [0.2, 0.25) is 0 Å². The van der Waals surface area contributed by atoms with E-state index in [9.17, 15) is 0 Å². The van der Waals surface area contributed by atoms with Crippen LogP contribution >= 0.6 is 0 Å². The number of piperidine rings is 1. The van der Waals surface area contributed by atoms with Crippen molar-refractivity contribution in [1.82, 2.24) is 14.7 Å². The quantitative estimate of drug-likeness (QED) is 0.715. The molecule has 4 nitrogen and oxygen atoms in total. The maximum absolute atomic E-state index is 5.91. The van der Waals surface area contributed by atoms with Crippen molar-refractivity contribution >= 4 is 0 Å². The van der Waals surface area contributed by atoms with Gasteiger partial charge in [0.15, 0.2) is 0 Å². The molecule has 2 saturated heterocycles. The van der Waals surface area contributed by atoms with E-state index in [-0.39, 0.29) is 0 Å². The van der Waals surface area contributed by atoms with Gasteiger partial charge in [0.25, 0.3) is 0 Å². The number of hydrogen-bond acceptors (Lipinski definition) is 4. The molecule has 2 aliphatic heterocycles. The zero-order valence-corrected chi connectivity index (χ0v) is 15.3. The number of nitrogens with zero attached hydrogens (tertiary/aromatic N) is 3. The second-order valence-corrected chi connectivity index (χ2v) is 7.33. The molecule has 134 valence electrons. The molecule has 0 unspecified atom stereocenters. The van der Waals surface area contributed by atoms with Gasteiger partial charge in [0.1, 0.15) is 5.75 Å². The fourth-order valence-corrected chi connectivity index (χ4v) is 3.62. The van der Waals surface area contributed by atoms with Crippen LogP contribution in [0.2, 0.25) is 0 Å². The Balaban J connectivity index is 1.33. The van der Waals surface area contributed by atoms with Crippen LogP contribution in [-0.4, -0.2) is 74.2 Å². The molecule has 0 N–H and O–H groups in total. The number of likely N-dealkylation sites (N-methyl/N-ethyl adjacent to an activating group) is 1. The van der Waals surface area contributed by atoms with Crippen LogP contribution in [0, 0.1) is 0 Å². The third-order valence-corrected chi connectivity index (χ3v) is 5.26. The first kappa shape index (κ1) is 17.7. The summed E-state index contributed by atoms with van der Waals surface area (Å²) in [5.74, 6) is 1.01. The Bertz CT molecular complexity index is 462. The summed E-state index contributed by atoms with van der Waals surface area (Å²) in [6.45, 7) is 10.3. The van der Waals surface area contributed by atoms with Crippen molar-refractivity contribution in [2.45, 2.75) is 32.2 Å². The largest absolute Gasteiger partial charge is 0.494 e. The number of rotatable bonds is 7. The number of likely N-dealkylation sites (tertiary alicyclic amines) is 1. The predicted octanol–water partition coefficient (Wildman–Crippen LogP) is 2.69. The predicted molar refractivity (Wildman–Crippen MR) is 99.6 cm³/mol. The smallest absolute Gasteiger partial charge is 0.119 e. The van der Waals surface area contributed by atoms with Crippen LogP contribution in [0.1, 0.15) is 31.2 Å². The minimum Gasteiger partial charge on any atom is -0.494 e. The van der Waals surface area contributed by atoms with E-state index in [0.717, 1.165) is 25.3 Å². The Labute approximate surface area is 147 Å². The first-order valence-corrected chi connectivity index (χ1v) is 9.64. The number of benzene rings is 1. The lowest BCUT2D eigenvalue weighted by atomic mass is 10.1. The Morgan fingerprint density at radius 3 is 2.25 bits per heavy atom. The maximum Gasteiger partial charge on any atom is 0.119 e. The van der Waals surface area contributed by atoms with Crippen molar-refractivity contribution in [2.75, 3.05) is 59.5 Å². The van der Waals surface area contributed by atoms with Gasteiger partial charge in [-0.3, -0.25) is 4.90 Å². The average Bonchev–Trinajstić information content (AvgIpc) is 2.63. The molecule has 0 saturated carbocycles. The van der Waals surface area contributed by atoms with Gasteiger partial charge in [-0.1, -0.05) is 18.6 Å². The third-order valence-electron chi connectivity index (χ3n) is 5.26. The van der Waals surface area contributed by atoms with E-state index in [1.165, 1.54) is 70.6 Å². The molecule has 1 aromatic rings. The number of piperazine rings is 1.